The van der Waals surface area contributed by atoms with E-state index < -0.39 is 0 Å². The topological polar surface area (TPSA) is 6.48 Å². The highest BCUT2D eigenvalue weighted by Crippen LogP contribution is 2.43. The Kier molecular flexibility index (Phi) is 9.59. The third kappa shape index (κ3) is 7.17. The van der Waals surface area contributed by atoms with Crippen LogP contribution in [0.5, 0.6) is 0 Å². The van der Waals surface area contributed by atoms with Gasteiger partial charge in [-0.25, -0.2) is 0 Å². The quantitative estimate of drug-likeness (QED) is 0.150. The molecule has 0 aliphatic carbocycles. The maximum Gasteiger partial charge on any atom is 0.0493 e. The summed E-state index contributed by atoms with van der Waals surface area (Å²) in [5.41, 5.74) is 20.1. The van der Waals surface area contributed by atoms with E-state index in [9.17, 15) is 0 Å². The third-order valence-corrected chi connectivity index (χ3v) is 11.7. The van der Waals surface area contributed by atoms with E-state index in [2.05, 4.69) is 228 Å². The Labute approximate surface area is 342 Å². The summed E-state index contributed by atoms with van der Waals surface area (Å²) in [6, 6.07) is 70.7. The van der Waals surface area contributed by atoms with Crippen LogP contribution in [-0.2, 0) is 25.7 Å². The van der Waals surface area contributed by atoms with Crippen molar-refractivity contribution >= 4 is 58.4 Å². The molecule has 278 valence electrons. The lowest BCUT2D eigenvalue weighted by Gasteiger charge is -2.27. The molecular weight excluding hydrogens is 701 g/mol. The Morgan fingerprint density at radius 1 is 0.259 bits per heavy atom. The zero-order chi connectivity index (χ0) is 38.7. The molecule has 0 amide bonds. The van der Waals surface area contributed by atoms with Crippen molar-refractivity contribution in [1.29, 1.82) is 0 Å². The maximum absolute atomic E-state index is 2.42. The lowest BCUT2D eigenvalue weighted by Crippen LogP contribution is -2.11. The van der Waals surface area contributed by atoms with Crippen LogP contribution in [0, 0.1) is 0 Å². The number of para-hydroxylation sites is 4. The summed E-state index contributed by atoms with van der Waals surface area (Å²) in [4.78, 5) is 4.83. The van der Waals surface area contributed by atoms with Gasteiger partial charge >= 0.3 is 0 Å². The number of benzene rings is 8. The molecule has 0 saturated carbocycles. The van der Waals surface area contributed by atoms with Crippen LogP contribution in [-0.4, -0.2) is 0 Å². The zero-order valence-corrected chi connectivity index (χ0v) is 32.5. The Balaban J connectivity index is 0.798. The summed E-state index contributed by atoms with van der Waals surface area (Å²) in [7, 11) is 0. The Morgan fingerprint density at radius 3 is 0.776 bits per heavy atom. The second-order valence-electron chi connectivity index (χ2n) is 15.3. The molecular formula is C56H44N2. The SMILES string of the molecule is C(=C\c1ccc(N2c3ccccc3CCc3ccccc32)cc1)/c1ccc(-c2ccc(/C=C/c3ccc(N4c5ccccc5CCc5ccccc54)cc3)cc2)cc1. The first-order valence-electron chi connectivity index (χ1n) is 20.4. The van der Waals surface area contributed by atoms with Gasteiger partial charge in [0.05, 0.1) is 0 Å². The fraction of sp³-hybridized carbons (Fsp3) is 0.0714. The van der Waals surface area contributed by atoms with Gasteiger partial charge in [-0.05, 0) is 130 Å². The summed E-state index contributed by atoms with van der Waals surface area (Å²) >= 11 is 0. The van der Waals surface area contributed by atoms with E-state index in [1.54, 1.807) is 0 Å². The molecule has 2 aliphatic heterocycles. The normalized spacial score (nSPS) is 13.4. The molecule has 0 atom stereocenters. The van der Waals surface area contributed by atoms with Crippen LogP contribution >= 0.6 is 0 Å². The van der Waals surface area contributed by atoms with Gasteiger partial charge in [-0.3, -0.25) is 0 Å². The zero-order valence-electron chi connectivity index (χ0n) is 32.5. The van der Waals surface area contributed by atoms with E-state index in [1.807, 2.05) is 0 Å². The molecule has 2 nitrogen and oxygen atoms in total. The van der Waals surface area contributed by atoms with Gasteiger partial charge in [0.25, 0.3) is 0 Å². The van der Waals surface area contributed by atoms with E-state index >= 15 is 0 Å². The lowest BCUT2D eigenvalue weighted by molar-refractivity contribution is 0.977. The average molecular weight is 745 g/mol. The van der Waals surface area contributed by atoms with Crippen molar-refractivity contribution in [2.45, 2.75) is 25.7 Å². The molecule has 0 radical (unpaired) electrons. The summed E-state index contributed by atoms with van der Waals surface area (Å²) in [5.74, 6) is 0. The van der Waals surface area contributed by atoms with Crippen molar-refractivity contribution in [3.05, 3.63) is 239 Å². The summed E-state index contributed by atoms with van der Waals surface area (Å²) < 4.78 is 0. The van der Waals surface area contributed by atoms with E-state index in [1.165, 1.54) is 89.8 Å². The van der Waals surface area contributed by atoms with E-state index in [-0.39, 0.29) is 0 Å². The predicted octanol–water partition coefficient (Wildman–Crippen LogP) is 14.8. The van der Waals surface area contributed by atoms with E-state index in [4.69, 9.17) is 0 Å². The van der Waals surface area contributed by atoms with Crippen molar-refractivity contribution in [3.8, 4) is 11.1 Å². The largest absolute Gasteiger partial charge is 0.310 e. The molecule has 0 bridgehead atoms. The van der Waals surface area contributed by atoms with Crippen LogP contribution in [0.4, 0.5) is 34.1 Å². The summed E-state index contributed by atoms with van der Waals surface area (Å²) in [6.07, 6.45) is 13.0. The Hall–Kier alpha value is -7.16. The summed E-state index contributed by atoms with van der Waals surface area (Å²) in [6.45, 7) is 0. The molecule has 10 rings (SSSR count). The number of rotatable bonds is 7. The van der Waals surface area contributed by atoms with Gasteiger partial charge in [-0.1, -0.05) is 170 Å². The van der Waals surface area contributed by atoms with Crippen molar-refractivity contribution in [3.63, 3.8) is 0 Å². The van der Waals surface area contributed by atoms with E-state index in [0.717, 1.165) is 25.7 Å². The number of fused-ring (bicyclic) bond motifs is 4. The van der Waals surface area contributed by atoms with Crippen molar-refractivity contribution in [2.24, 2.45) is 0 Å². The molecule has 2 heteroatoms. The minimum absolute atomic E-state index is 1.05. The molecule has 8 aromatic carbocycles. The fourth-order valence-electron chi connectivity index (χ4n) is 8.54. The molecule has 0 unspecified atom stereocenters. The number of anilines is 6. The van der Waals surface area contributed by atoms with Crippen LogP contribution in [0.15, 0.2) is 194 Å². The van der Waals surface area contributed by atoms with Gasteiger partial charge in [0.2, 0.25) is 0 Å². The van der Waals surface area contributed by atoms with Crippen LogP contribution in [0.25, 0.3) is 35.4 Å². The molecule has 0 aromatic heterocycles. The molecule has 0 N–H and O–H groups in total. The number of hydrogen-bond acceptors (Lipinski definition) is 2. The molecule has 0 spiro atoms. The molecule has 58 heavy (non-hydrogen) atoms. The van der Waals surface area contributed by atoms with Crippen molar-refractivity contribution in [1.82, 2.24) is 0 Å². The smallest absolute Gasteiger partial charge is 0.0493 e. The number of nitrogens with zero attached hydrogens (tertiary/aromatic N) is 2. The predicted molar refractivity (Wildman–Crippen MR) is 247 cm³/mol. The highest BCUT2D eigenvalue weighted by atomic mass is 15.2. The van der Waals surface area contributed by atoms with Gasteiger partial charge in [0, 0.05) is 34.1 Å². The minimum Gasteiger partial charge on any atom is -0.310 e. The second kappa shape index (κ2) is 15.8. The first-order valence-corrected chi connectivity index (χ1v) is 20.4. The third-order valence-electron chi connectivity index (χ3n) is 11.7. The minimum atomic E-state index is 1.05. The molecule has 8 aromatic rings. The van der Waals surface area contributed by atoms with E-state index in [0.29, 0.717) is 0 Å². The average Bonchev–Trinajstić information content (AvgIpc) is 3.57. The Bertz CT molecular complexity index is 2470. The van der Waals surface area contributed by atoms with Crippen LogP contribution in [0.3, 0.4) is 0 Å². The molecule has 2 heterocycles. The van der Waals surface area contributed by atoms with Gasteiger partial charge < -0.3 is 9.80 Å². The molecule has 0 fully saturated rings. The lowest BCUT2D eigenvalue weighted by atomic mass is 10.0. The maximum atomic E-state index is 2.42. The number of hydrogen-bond donors (Lipinski definition) is 0. The van der Waals surface area contributed by atoms with Crippen LogP contribution in [0.1, 0.15) is 44.5 Å². The van der Waals surface area contributed by atoms with Crippen molar-refractivity contribution < 1.29 is 0 Å². The first kappa shape index (κ1) is 35.3. The van der Waals surface area contributed by atoms with Gasteiger partial charge in [-0.2, -0.15) is 0 Å². The molecule has 2 aliphatic rings. The van der Waals surface area contributed by atoms with Gasteiger partial charge in [0.1, 0.15) is 0 Å². The van der Waals surface area contributed by atoms with Crippen molar-refractivity contribution in [2.75, 3.05) is 9.80 Å². The van der Waals surface area contributed by atoms with Crippen LogP contribution in [0.2, 0.25) is 0 Å². The first-order chi connectivity index (χ1) is 28.7. The summed E-state index contributed by atoms with van der Waals surface area (Å²) in [5, 5.41) is 0. The van der Waals surface area contributed by atoms with Gasteiger partial charge in [0.15, 0.2) is 0 Å². The fourth-order valence-corrected chi connectivity index (χ4v) is 8.54. The Morgan fingerprint density at radius 2 is 0.500 bits per heavy atom. The standard InChI is InChI=1S/C56H44N2/c1-5-13-53-47(9-1)33-34-48-10-2-6-14-54(48)57(53)51-37-25-43(26-38-51)19-17-41-21-29-45(30-22-41)46-31-23-42(24-32-46)18-20-44-27-39-52(40-28-44)58-55-15-7-3-11-49(55)35-36-50-12-4-8-16-56(50)58/h1-32,37-40H,33-36H2/b19-17+,20-18+. The monoisotopic (exact) mass is 744 g/mol. The highest BCUT2D eigenvalue weighted by Gasteiger charge is 2.23. The van der Waals surface area contributed by atoms with Crippen LogP contribution < -0.4 is 9.80 Å². The highest BCUT2D eigenvalue weighted by molar-refractivity contribution is 5.84. The molecule has 0 saturated heterocycles. The van der Waals surface area contributed by atoms with Gasteiger partial charge in [-0.15, -0.1) is 0 Å². The second-order valence-corrected chi connectivity index (χ2v) is 15.3. The number of aryl methyl sites for hydroxylation is 4.